The summed E-state index contributed by atoms with van der Waals surface area (Å²) in [7, 11) is 0. The molecule has 2 rings (SSSR count). The van der Waals surface area contributed by atoms with Gasteiger partial charge in [0, 0.05) is 6.04 Å². The average molecular weight is 363 g/mol. The molecule has 146 valence electrons. The molecule has 1 aromatic carbocycles. The zero-order valence-electron chi connectivity index (χ0n) is 16.2. The van der Waals surface area contributed by atoms with Crippen LogP contribution in [0.15, 0.2) is 30.3 Å². The monoisotopic (exact) mass is 363 g/mol. The van der Waals surface area contributed by atoms with Crippen LogP contribution in [-0.4, -0.2) is 34.7 Å². The molecular formula is C21H33NO4. The van der Waals surface area contributed by atoms with Gasteiger partial charge in [-0.15, -0.1) is 0 Å². The maximum absolute atomic E-state index is 9.10. The van der Waals surface area contributed by atoms with Crippen molar-refractivity contribution in [2.75, 3.05) is 6.54 Å². The van der Waals surface area contributed by atoms with Gasteiger partial charge in [0.2, 0.25) is 0 Å². The SMILES string of the molecule is CCC(C)(C)C1CCC(NCCc2ccccc2)CC1.O=C(O)C(=O)O. The van der Waals surface area contributed by atoms with Crippen LogP contribution in [0.2, 0.25) is 0 Å². The standard InChI is InChI=1S/C19H31N.C2H2O4/c1-4-19(2,3)17-10-12-18(13-11-17)20-15-14-16-8-6-5-7-9-16;3-1(4)2(5)6/h5-9,17-18,20H,4,10-15H2,1-3H3;(H,3,4)(H,5,6). The smallest absolute Gasteiger partial charge is 0.414 e. The van der Waals surface area contributed by atoms with Crippen LogP contribution in [0.25, 0.3) is 0 Å². The fourth-order valence-electron chi connectivity index (χ4n) is 3.43. The van der Waals surface area contributed by atoms with Gasteiger partial charge in [-0.05, 0) is 55.5 Å². The lowest BCUT2D eigenvalue weighted by Gasteiger charge is -2.39. The Balaban J connectivity index is 0.000000487. The molecule has 5 heteroatoms. The Bertz CT molecular complexity index is 536. The Labute approximate surface area is 156 Å². The number of aliphatic carboxylic acids is 2. The molecule has 1 aromatic rings. The second kappa shape index (κ2) is 11.0. The molecule has 1 aliphatic carbocycles. The van der Waals surface area contributed by atoms with Gasteiger partial charge in [-0.25, -0.2) is 9.59 Å². The third-order valence-electron chi connectivity index (χ3n) is 5.62. The van der Waals surface area contributed by atoms with Crippen LogP contribution in [0, 0.1) is 11.3 Å². The Morgan fingerprint density at radius 2 is 1.58 bits per heavy atom. The van der Waals surface area contributed by atoms with Gasteiger partial charge >= 0.3 is 11.9 Å². The van der Waals surface area contributed by atoms with Gasteiger partial charge in [-0.2, -0.15) is 0 Å². The quantitative estimate of drug-likeness (QED) is 0.666. The summed E-state index contributed by atoms with van der Waals surface area (Å²) < 4.78 is 0. The van der Waals surface area contributed by atoms with E-state index < -0.39 is 11.9 Å². The maximum atomic E-state index is 9.10. The molecule has 0 unspecified atom stereocenters. The predicted molar refractivity (Wildman–Crippen MR) is 103 cm³/mol. The molecule has 0 amide bonds. The van der Waals surface area contributed by atoms with Crippen molar-refractivity contribution in [3.63, 3.8) is 0 Å². The number of hydrogen-bond donors (Lipinski definition) is 3. The molecule has 0 atom stereocenters. The van der Waals surface area contributed by atoms with E-state index in [1.807, 2.05) is 0 Å². The summed E-state index contributed by atoms with van der Waals surface area (Å²) in [6.07, 6.45) is 8.00. The highest BCUT2D eigenvalue weighted by Crippen LogP contribution is 2.40. The molecule has 1 aliphatic rings. The average Bonchev–Trinajstić information content (AvgIpc) is 2.63. The first-order valence-corrected chi connectivity index (χ1v) is 9.49. The van der Waals surface area contributed by atoms with E-state index in [4.69, 9.17) is 19.8 Å². The highest BCUT2D eigenvalue weighted by molar-refractivity contribution is 6.27. The van der Waals surface area contributed by atoms with E-state index in [1.54, 1.807) is 0 Å². The highest BCUT2D eigenvalue weighted by atomic mass is 16.4. The van der Waals surface area contributed by atoms with E-state index in [0.717, 1.165) is 24.9 Å². The number of carboxylic acid groups (broad SMARTS) is 2. The van der Waals surface area contributed by atoms with Gasteiger partial charge in [0.15, 0.2) is 0 Å². The van der Waals surface area contributed by atoms with Crippen molar-refractivity contribution in [2.24, 2.45) is 11.3 Å². The number of carboxylic acids is 2. The molecule has 0 heterocycles. The lowest BCUT2D eigenvalue weighted by Crippen LogP contribution is -2.37. The molecule has 0 radical (unpaired) electrons. The van der Waals surface area contributed by atoms with Crippen LogP contribution >= 0.6 is 0 Å². The van der Waals surface area contributed by atoms with Gasteiger partial charge in [0.1, 0.15) is 0 Å². The molecule has 0 bridgehead atoms. The summed E-state index contributed by atoms with van der Waals surface area (Å²) in [6, 6.07) is 11.6. The Morgan fingerprint density at radius 3 is 2.04 bits per heavy atom. The highest BCUT2D eigenvalue weighted by Gasteiger charge is 2.31. The molecule has 3 N–H and O–H groups in total. The summed E-state index contributed by atoms with van der Waals surface area (Å²) in [6.45, 7) is 8.35. The van der Waals surface area contributed by atoms with Crippen molar-refractivity contribution in [3.05, 3.63) is 35.9 Å². The van der Waals surface area contributed by atoms with Crippen LogP contribution in [0.1, 0.15) is 58.4 Å². The van der Waals surface area contributed by atoms with Gasteiger partial charge in [0.25, 0.3) is 0 Å². The summed E-state index contributed by atoms with van der Waals surface area (Å²) in [5.41, 5.74) is 1.98. The topological polar surface area (TPSA) is 86.6 Å². The number of hydrogen-bond acceptors (Lipinski definition) is 3. The van der Waals surface area contributed by atoms with Crippen molar-refractivity contribution in [1.82, 2.24) is 5.32 Å². The van der Waals surface area contributed by atoms with Crippen LogP contribution in [0.4, 0.5) is 0 Å². The van der Waals surface area contributed by atoms with E-state index in [2.05, 4.69) is 56.4 Å². The molecule has 1 fully saturated rings. The van der Waals surface area contributed by atoms with Gasteiger partial charge in [0.05, 0.1) is 0 Å². The molecular weight excluding hydrogens is 330 g/mol. The van der Waals surface area contributed by atoms with E-state index in [1.165, 1.54) is 37.7 Å². The van der Waals surface area contributed by atoms with Crippen LogP contribution in [-0.2, 0) is 16.0 Å². The first-order valence-electron chi connectivity index (χ1n) is 9.49. The van der Waals surface area contributed by atoms with Gasteiger partial charge in [-0.1, -0.05) is 57.5 Å². The zero-order valence-corrected chi connectivity index (χ0v) is 16.2. The number of carbonyl (C=O) groups is 2. The van der Waals surface area contributed by atoms with Crippen molar-refractivity contribution >= 4 is 11.9 Å². The van der Waals surface area contributed by atoms with E-state index in [9.17, 15) is 0 Å². The molecule has 0 aromatic heterocycles. The summed E-state index contributed by atoms with van der Waals surface area (Å²) in [4.78, 5) is 18.2. The van der Waals surface area contributed by atoms with Crippen LogP contribution < -0.4 is 5.32 Å². The molecule has 0 aliphatic heterocycles. The lowest BCUT2D eigenvalue weighted by molar-refractivity contribution is -0.159. The van der Waals surface area contributed by atoms with Crippen LogP contribution in [0.5, 0.6) is 0 Å². The first-order chi connectivity index (χ1) is 12.3. The second-order valence-corrected chi connectivity index (χ2v) is 7.69. The van der Waals surface area contributed by atoms with Crippen LogP contribution in [0.3, 0.4) is 0 Å². The number of nitrogens with one attached hydrogen (secondary N) is 1. The van der Waals surface area contributed by atoms with Gasteiger partial charge < -0.3 is 15.5 Å². The van der Waals surface area contributed by atoms with Gasteiger partial charge in [-0.3, -0.25) is 0 Å². The number of benzene rings is 1. The maximum Gasteiger partial charge on any atom is 0.414 e. The summed E-state index contributed by atoms with van der Waals surface area (Å²) >= 11 is 0. The minimum atomic E-state index is -1.82. The van der Waals surface area contributed by atoms with E-state index >= 15 is 0 Å². The summed E-state index contributed by atoms with van der Waals surface area (Å²) in [5.74, 6) is -2.72. The molecule has 0 saturated heterocycles. The largest absolute Gasteiger partial charge is 0.473 e. The summed E-state index contributed by atoms with van der Waals surface area (Å²) in [5, 5.41) is 18.5. The van der Waals surface area contributed by atoms with Crippen molar-refractivity contribution in [3.8, 4) is 0 Å². The number of rotatable bonds is 6. The third kappa shape index (κ3) is 8.00. The zero-order chi connectivity index (χ0) is 19.6. The van der Waals surface area contributed by atoms with Crippen molar-refractivity contribution in [2.45, 2.75) is 65.3 Å². The second-order valence-electron chi connectivity index (χ2n) is 7.69. The lowest BCUT2D eigenvalue weighted by atomic mass is 9.69. The molecule has 5 nitrogen and oxygen atoms in total. The van der Waals surface area contributed by atoms with E-state index in [-0.39, 0.29) is 0 Å². The normalized spacial score (nSPS) is 20.0. The first kappa shape index (κ1) is 22.2. The fraction of sp³-hybridized carbons (Fsp3) is 0.619. The Hall–Kier alpha value is -1.88. The Kier molecular flexibility index (Phi) is 9.35. The molecule has 0 spiro atoms. The minimum Gasteiger partial charge on any atom is -0.473 e. The van der Waals surface area contributed by atoms with Crippen molar-refractivity contribution < 1.29 is 19.8 Å². The third-order valence-corrected chi connectivity index (χ3v) is 5.62. The minimum absolute atomic E-state index is 0.537. The van der Waals surface area contributed by atoms with Crippen molar-refractivity contribution in [1.29, 1.82) is 0 Å². The Morgan fingerprint density at radius 1 is 1.04 bits per heavy atom. The fourth-order valence-corrected chi connectivity index (χ4v) is 3.43. The predicted octanol–water partition coefficient (Wildman–Crippen LogP) is 3.97. The molecule has 1 saturated carbocycles. The molecule has 26 heavy (non-hydrogen) atoms. The van der Waals surface area contributed by atoms with E-state index in [0.29, 0.717) is 5.41 Å².